The molecule has 0 aliphatic carbocycles. The third-order valence-corrected chi connectivity index (χ3v) is 4.92. The summed E-state index contributed by atoms with van der Waals surface area (Å²) in [6.07, 6.45) is 3.24. The van der Waals surface area contributed by atoms with E-state index in [0.29, 0.717) is 23.1 Å². The van der Waals surface area contributed by atoms with Crippen molar-refractivity contribution in [3.8, 4) is 11.5 Å². The molecule has 0 atom stereocenters. The fourth-order valence-corrected chi connectivity index (χ4v) is 3.31. The van der Waals surface area contributed by atoms with E-state index >= 15 is 0 Å². The van der Waals surface area contributed by atoms with Crippen LogP contribution in [0, 0.1) is 13.8 Å². The number of aliphatic imine (C=N–C) groups is 1. The Balaban J connectivity index is 1.60. The van der Waals surface area contributed by atoms with Gasteiger partial charge in [-0.15, -0.1) is 0 Å². The van der Waals surface area contributed by atoms with E-state index in [4.69, 9.17) is 9.47 Å². The first-order valence-corrected chi connectivity index (χ1v) is 10.6. The zero-order valence-electron chi connectivity index (χ0n) is 19.2. The number of pyridine rings is 1. The van der Waals surface area contributed by atoms with Crippen LogP contribution in [-0.4, -0.2) is 41.2 Å². The SMILES string of the molecule is C=NNC(COC)=Nc1ccc2ncnc(Nc3ccc(Oc4ccc(C)nc4)c(C)c3)c2c1. The second-order valence-electron chi connectivity index (χ2n) is 7.53. The number of rotatable bonds is 8. The summed E-state index contributed by atoms with van der Waals surface area (Å²) in [6.45, 7) is 7.64. The number of hydrogen-bond acceptors (Lipinski definition) is 8. The first-order chi connectivity index (χ1) is 16.6. The van der Waals surface area contributed by atoms with Crippen LogP contribution in [0.25, 0.3) is 10.9 Å². The lowest BCUT2D eigenvalue weighted by atomic mass is 10.1. The van der Waals surface area contributed by atoms with Crippen molar-refractivity contribution in [1.29, 1.82) is 0 Å². The van der Waals surface area contributed by atoms with Gasteiger partial charge >= 0.3 is 0 Å². The van der Waals surface area contributed by atoms with E-state index in [-0.39, 0.29) is 6.61 Å². The van der Waals surface area contributed by atoms with Crippen LogP contribution in [0.3, 0.4) is 0 Å². The minimum absolute atomic E-state index is 0.278. The first kappa shape index (κ1) is 22.8. The largest absolute Gasteiger partial charge is 0.455 e. The summed E-state index contributed by atoms with van der Waals surface area (Å²) in [5.41, 5.74) is 7.04. The van der Waals surface area contributed by atoms with Gasteiger partial charge in [-0.25, -0.2) is 15.0 Å². The number of fused-ring (bicyclic) bond motifs is 1. The van der Waals surface area contributed by atoms with Crippen molar-refractivity contribution in [3.63, 3.8) is 0 Å². The molecule has 0 saturated carbocycles. The summed E-state index contributed by atoms with van der Waals surface area (Å²) < 4.78 is 11.1. The van der Waals surface area contributed by atoms with Gasteiger partial charge in [-0.2, -0.15) is 5.10 Å². The number of anilines is 2. The van der Waals surface area contributed by atoms with Crippen molar-refractivity contribution < 1.29 is 9.47 Å². The van der Waals surface area contributed by atoms with Gasteiger partial charge in [0.15, 0.2) is 0 Å². The molecule has 0 radical (unpaired) electrons. The number of methoxy groups -OCH3 is 1. The lowest BCUT2D eigenvalue weighted by molar-refractivity contribution is 0.242. The molecule has 0 unspecified atom stereocenters. The molecule has 2 N–H and O–H groups in total. The zero-order valence-corrected chi connectivity index (χ0v) is 19.2. The molecule has 0 amide bonds. The maximum Gasteiger partial charge on any atom is 0.148 e. The molecule has 0 fully saturated rings. The minimum Gasteiger partial charge on any atom is -0.455 e. The standard InChI is InChI=1S/C25H25N7O2/c1-16-11-18(7-10-23(16)34-20-8-5-17(2)27-13-20)31-25-21-12-19(6-9-22(21)28-15-29-25)30-24(14-33-4)32-26-3/h5-13,15H,3,14H2,1-2,4H3,(H,30,32)(H,28,29,31). The van der Waals surface area contributed by atoms with E-state index in [9.17, 15) is 0 Å². The highest BCUT2D eigenvalue weighted by atomic mass is 16.5. The number of nitrogens with zero attached hydrogens (tertiary/aromatic N) is 5. The maximum absolute atomic E-state index is 5.97. The second kappa shape index (κ2) is 10.5. The molecule has 0 bridgehead atoms. The summed E-state index contributed by atoms with van der Waals surface area (Å²) in [4.78, 5) is 17.6. The summed E-state index contributed by atoms with van der Waals surface area (Å²) >= 11 is 0. The Kier molecular flexibility index (Phi) is 7.04. The number of hydrogen-bond donors (Lipinski definition) is 2. The normalized spacial score (nSPS) is 11.3. The molecular formula is C25H25N7O2. The molecule has 0 aliphatic rings. The number of hydrazone groups is 1. The molecule has 2 heterocycles. The highest BCUT2D eigenvalue weighted by Crippen LogP contribution is 2.30. The van der Waals surface area contributed by atoms with Crippen LogP contribution >= 0.6 is 0 Å². The molecule has 4 rings (SSSR count). The average molecular weight is 456 g/mol. The van der Waals surface area contributed by atoms with Gasteiger partial charge in [0, 0.05) is 30.6 Å². The quantitative estimate of drug-likeness (QED) is 0.217. The average Bonchev–Trinajstić information content (AvgIpc) is 2.83. The van der Waals surface area contributed by atoms with E-state index in [0.717, 1.165) is 33.6 Å². The number of nitrogens with one attached hydrogen (secondary N) is 2. The van der Waals surface area contributed by atoms with Crippen LogP contribution in [0.4, 0.5) is 17.2 Å². The molecule has 172 valence electrons. The van der Waals surface area contributed by atoms with Gasteiger partial charge in [0.1, 0.15) is 36.1 Å². The van der Waals surface area contributed by atoms with Crippen LogP contribution in [0.15, 0.2) is 71.1 Å². The molecule has 34 heavy (non-hydrogen) atoms. The van der Waals surface area contributed by atoms with Crippen LogP contribution in [0.1, 0.15) is 11.3 Å². The molecular weight excluding hydrogens is 430 g/mol. The van der Waals surface area contributed by atoms with Crippen LogP contribution in [0.2, 0.25) is 0 Å². The van der Waals surface area contributed by atoms with E-state index in [1.54, 1.807) is 13.3 Å². The van der Waals surface area contributed by atoms with Gasteiger partial charge < -0.3 is 14.8 Å². The van der Waals surface area contributed by atoms with Crippen molar-refractivity contribution >= 4 is 40.6 Å². The predicted molar refractivity (Wildman–Crippen MR) is 135 cm³/mol. The predicted octanol–water partition coefficient (Wildman–Crippen LogP) is 5.06. The van der Waals surface area contributed by atoms with Crippen LogP contribution < -0.4 is 15.5 Å². The number of amidine groups is 1. The smallest absolute Gasteiger partial charge is 0.148 e. The molecule has 0 spiro atoms. The Bertz CT molecular complexity index is 1340. The monoisotopic (exact) mass is 455 g/mol. The van der Waals surface area contributed by atoms with Crippen molar-refractivity contribution in [2.24, 2.45) is 10.1 Å². The summed E-state index contributed by atoms with van der Waals surface area (Å²) in [7, 11) is 1.59. The number of aryl methyl sites for hydroxylation is 2. The fourth-order valence-electron chi connectivity index (χ4n) is 3.31. The summed E-state index contributed by atoms with van der Waals surface area (Å²) in [5.74, 6) is 2.66. The van der Waals surface area contributed by atoms with E-state index in [2.05, 4.69) is 42.5 Å². The van der Waals surface area contributed by atoms with Gasteiger partial charge in [-0.1, -0.05) is 0 Å². The third kappa shape index (κ3) is 5.51. The van der Waals surface area contributed by atoms with Crippen LogP contribution in [0.5, 0.6) is 11.5 Å². The lowest BCUT2D eigenvalue weighted by Crippen LogP contribution is -2.21. The molecule has 9 nitrogen and oxygen atoms in total. The molecule has 2 aromatic heterocycles. The van der Waals surface area contributed by atoms with Gasteiger partial charge in [0.05, 0.1) is 17.4 Å². The van der Waals surface area contributed by atoms with Crippen LogP contribution in [-0.2, 0) is 4.74 Å². The number of aromatic nitrogens is 3. The van der Waals surface area contributed by atoms with Crippen molar-refractivity contribution in [2.45, 2.75) is 13.8 Å². The minimum atomic E-state index is 0.278. The Hall–Kier alpha value is -4.37. The molecule has 2 aromatic carbocycles. The van der Waals surface area contributed by atoms with Crippen molar-refractivity contribution in [1.82, 2.24) is 20.4 Å². The van der Waals surface area contributed by atoms with Crippen molar-refractivity contribution in [2.75, 3.05) is 19.0 Å². The van der Waals surface area contributed by atoms with Gasteiger partial charge in [0.25, 0.3) is 0 Å². The Morgan fingerprint density at radius 2 is 1.91 bits per heavy atom. The van der Waals surface area contributed by atoms with E-state index < -0.39 is 0 Å². The van der Waals surface area contributed by atoms with Gasteiger partial charge in [-0.3, -0.25) is 10.4 Å². The van der Waals surface area contributed by atoms with Gasteiger partial charge in [-0.05, 0) is 67.9 Å². The summed E-state index contributed by atoms with van der Waals surface area (Å²) in [6, 6.07) is 15.4. The van der Waals surface area contributed by atoms with E-state index in [1.165, 1.54) is 6.33 Å². The number of ether oxygens (including phenoxy) is 2. The summed E-state index contributed by atoms with van der Waals surface area (Å²) in [5, 5.41) is 7.88. The number of benzene rings is 2. The maximum atomic E-state index is 5.97. The zero-order chi connectivity index (χ0) is 23.9. The van der Waals surface area contributed by atoms with E-state index in [1.807, 2.05) is 62.4 Å². The Morgan fingerprint density at radius 1 is 1.03 bits per heavy atom. The molecule has 0 aliphatic heterocycles. The van der Waals surface area contributed by atoms with Gasteiger partial charge in [0.2, 0.25) is 0 Å². The molecule has 4 aromatic rings. The Morgan fingerprint density at radius 3 is 2.65 bits per heavy atom. The highest BCUT2D eigenvalue weighted by molar-refractivity contribution is 5.94. The van der Waals surface area contributed by atoms with Crippen molar-refractivity contribution in [3.05, 3.63) is 72.3 Å². The highest BCUT2D eigenvalue weighted by Gasteiger charge is 2.09. The second-order valence-corrected chi connectivity index (χ2v) is 7.53. The third-order valence-electron chi connectivity index (χ3n) is 4.92. The Labute approximate surface area is 197 Å². The lowest BCUT2D eigenvalue weighted by Gasteiger charge is -2.13. The first-order valence-electron chi connectivity index (χ1n) is 10.6. The molecule has 9 heteroatoms. The topological polar surface area (TPSA) is 106 Å². The fraction of sp³-hybridized carbons (Fsp3) is 0.160. The molecule has 0 saturated heterocycles.